The molecule has 0 atom stereocenters. The number of hydrogen-bond acceptors (Lipinski definition) is 22. The van der Waals surface area contributed by atoms with Crippen molar-refractivity contribution in [2.24, 2.45) is 10.3 Å². The molecule has 7 aromatic rings. The van der Waals surface area contributed by atoms with Crippen LogP contribution in [0.1, 0.15) is 68.5 Å². The molecule has 0 bridgehead atoms. The molecule has 94 heavy (non-hydrogen) atoms. The molecule has 0 radical (unpaired) electrons. The van der Waals surface area contributed by atoms with E-state index >= 15 is 0 Å². The van der Waals surface area contributed by atoms with Gasteiger partial charge in [0.05, 0.1) is 24.5 Å². The van der Waals surface area contributed by atoms with Crippen LogP contribution in [0.15, 0.2) is 169 Å². The Bertz CT molecular complexity index is 4030. The first-order valence-electron chi connectivity index (χ1n) is 24.9. The summed E-state index contributed by atoms with van der Waals surface area (Å²) in [5, 5.41) is 20.2. The first-order chi connectivity index (χ1) is 40.7. The van der Waals surface area contributed by atoms with Crippen LogP contribution in [0.2, 0.25) is 0 Å². The number of primary sulfonamides is 2. The Balaban J connectivity index is -0.000000328. The molecule has 0 saturated carbocycles. The predicted molar refractivity (Wildman–Crippen MR) is 357 cm³/mol. The third kappa shape index (κ3) is 36.9. The number of amides is 4. The molecule has 6 aromatic carbocycles. The Kier molecular flexibility index (Phi) is 43.5. The number of halogens is 1. The van der Waals surface area contributed by atoms with Crippen LogP contribution >= 0.6 is 10.7 Å². The molecule has 0 fully saturated rings. The summed E-state index contributed by atoms with van der Waals surface area (Å²) < 4.78 is 147. The van der Waals surface area contributed by atoms with E-state index < -0.39 is 60.0 Å². The largest absolute Gasteiger partial charge is 1.00 e. The number of anilines is 6. The quantitative estimate of drug-likeness (QED) is 0.0300. The van der Waals surface area contributed by atoms with Gasteiger partial charge in [0.15, 0.2) is 0 Å². The van der Waals surface area contributed by atoms with E-state index in [1.165, 1.54) is 131 Å². The number of sulfonamides is 2. The van der Waals surface area contributed by atoms with Gasteiger partial charge in [0, 0.05) is 84.9 Å². The molecule has 0 saturated heterocycles. The number of nitrogens with two attached hydrogens (primary N) is 4. The van der Waals surface area contributed by atoms with Gasteiger partial charge in [0.25, 0.3) is 29.3 Å². The smallest absolute Gasteiger partial charge is 0.870 e. The molecule has 38 heteroatoms. The fourth-order valence-electron chi connectivity index (χ4n) is 6.40. The van der Waals surface area contributed by atoms with Crippen LogP contribution in [-0.2, 0) is 87.6 Å². The van der Waals surface area contributed by atoms with Crippen LogP contribution in [0.5, 0.6) is 0 Å². The van der Waals surface area contributed by atoms with Crippen LogP contribution in [0.4, 0.5) is 34.1 Å². The SMILES string of the molecule is C.CC(=O)Nc1ccc(S(=O)(=O)Cl)cc1C.CC(=O)Nc1ccc(S(=O)(=O)O)cc1C.CC(=O)Nc1ccc(S(N)(=O)=O)cc1C.CC(=O)Nc1ccc([S-](=O)=O)cc1C.Cc1cc(S(=O)(=O)O)ccc1N.Cc1cc(S(N)(=O)=O)ccc1N.N.O.[Na+].[OH-].c1ccncc1. The van der Waals surface area contributed by atoms with E-state index in [2.05, 4.69) is 26.3 Å². The van der Waals surface area contributed by atoms with Gasteiger partial charge in [-0.05, 0) is 195 Å². The van der Waals surface area contributed by atoms with Crippen molar-refractivity contribution >= 4 is 128 Å². The maximum atomic E-state index is 11.0. The monoisotopic (exact) mass is 1460 g/mol. The van der Waals surface area contributed by atoms with Crippen molar-refractivity contribution in [3.8, 4) is 0 Å². The molecular formula is C56H77ClN10NaO20S6-. The summed E-state index contributed by atoms with van der Waals surface area (Å²) in [4.78, 5) is 46.9. The molecule has 0 spiro atoms. The first-order valence-corrected chi connectivity index (χ1v) is 34.2. The molecule has 20 N–H and O–H groups in total. The van der Waals surface area contributed by atoms with E-state index in [4.69, 9.17) is 41.5 Å². The van der Waals surface area contributed by atoms with Crippen molar-refractivity contribution in [2.75, 3.05) is 32.7 Å². The second kappa shape index (κ2) is 42.9. The van der Waals surface area contributed by atoms with Crippen molar-refractivity contribution in [2.45, 2.75) is 106 Å². The van der Waals surface area contributed by atoms with E-state index in [9.17, 15) is 69.7 Å². The molecule has 0 aliphatic heterocycles. The number of hydrogen-bond donors (Lipinski definition) is 11. The van der Waals surface area contributed by atoms with Gasteiger partial charge in [0.1, 0.15) is 0 Å². The minimum Gasteiger partial charge on any atom is -0.870 e. The Labute approximate surface area is 576 Å². The third-order valence-electron chi connectivity index (χ3n) is 10.8. The van der Waals surface area contributed by atoms with Crippen molar-refractivity contribution in [1.82, 2.24) is 11.1 Å². The molecule has 0 aliphatic carbocycles. The zero-order chi connectivity index (χ0) is 68.6. The fraction of sp³-hybridized carbons (Fsp3) is 0.196. The fourth-order valence-corrected chi connectivity index (χ4v) is 10.0. The number of rotatable bonds is 10. The van der Waals surface area contributed by atoms with Gasteiger partial charge >= 0.3 is 29.6 Å². The van der Waals surface area contributed by atoms with Gasteiger partial charge in [0.2, 0.25) is 43.7 Å². The molecule has 0 unspecified atom stereocenters. The average Bonchev–Trinajstić information content (AvgIpc) is 0.893. The van der Waals surface area contributed by atoms with Crippen molar-refractivity contribution < 1.29 is 119 Å². The minimum absolute atomic E-state index is 0. The maximum absolute atomic E-state index is 11.0. The summed E-state index contributed by atoms with van der Waals surface area (Å²) in [6, 6.07) is 31.1. The van der Waals surface area contributed by atoms with Gasteiger partial charge in [-0.2, -0.15) is 16.8 Å². The second-order valence-corrected chi connectivity index (χ2v) is 27.9. The number of nitrogens with one attached hydrogen (secondary N) is 4. The van der Waals surface area contributed by atoms with Crippen LogP contribution in [0, 0.1) is 41.5 Å². The number of benzene rings is 6. The second-order valence-electron chi connectivity index (χ2n) is 18.4. The summed E-state index contributed by atoms with van der Waals surface area (Å²) in [7, 11) is -16.3. The van der Waals surface area contributed by atoms with E-state index in [0.29, 0.717) is 61.9 Å². The van der Waals surface area contributed by atoms with E-state index in [1.54, 1.807) is 60.0 Å². The maximum Gasteiger partial charge on any atom is 1.00 e. The molecule has 0 aliphatic rings. The van der Waals surface area contributed by atoms with Gasteiger partial charge < -0.3 is 58.3 Å². The standard InChI is InChI=1S/C9H10ClNO3S.C9H12N2O3S.C9H11NO4S.C9H10NO3S.C7H10N2O2S.C7H9NO3S.C5H5N.CH4.H3N.Na.2H2O/c2*1-6-5-8(15(10,13)14)3-4-9(6)11-7(2)12;1-6-5-8(15(12,13)14)3-4-9(6)10-7(2)11;1-6-5-8(14(12)13)3-4-9(6)10-7(2)11;2*1-5-4-6(12(9,10)11)2-3-7(5)8;1-2-4-6-5-3-1;;;;;/h3-5H,1-2H3,(H,11,12);3-5H,1-2H3,(H,11,12)(H2,10,13,14);3-5H,1-2H3,(H,10,11)(H,12,13,14);3-5H,1-2H3,(H,10,11);2-4H,8H2,1H3,(H2,9,10,11);2-4H,8H2,1H3,(H,9,10,11);1-5H;1H4;1H3;;2*1H2/q;;;-1;;;;;;+1;;/p-1. The number of aryl methyl sites for hydroxylation is 6. The molecular weight excluding hydrogens is 1380 g/mol. The van der Waals surface area contributed by atoms with Crippen molar-refractivity contribution in [3.63, 3.8) is 0 Å². The summed E-state index contributed by atoms with van der Waals surface area (Å²) in [5.74, 6) is -0.831. The zero-order valence-electron chi connectivity index (χ0n) is 51.9. The Morgan fingerprint density at radius 3 is 0.947 bits per heavy atom. The third-order valence-corrected chi connectivity index (χ3v) is 16.3. The van der Waals surface area contributed by atoms with Crippen LogP contribution in [-0.4, -0.2) is 90.8 Å². The van der Waals surface area contributed by atoms with E-state index in [0.717, 1.165) is 5.56 Å². The van der Waals surface area contributed by atoms with Gasteiger partial charge in [-0.3, -0.25) is 33.3 Å². The summed E-state index contributed by atoms with van der Waals surface area (Å²) in [6.07, 6.45) is 3.50. The van der Waals surface area contributed by atoms with Gasteiger partial charge in [-0.1, -0.05) is 30.5 Å². The number of carbonyl (C=O) groups is 4. The molecule has 7 rings (SSSR count). The van der Waals surface area contributed by atoms with Gasteiger partial charge in [-0.15, -0.1) is 0 Å². The van der Waals surface area contributed by atoms with Crippen molar-refractivity contribution in [1.29, 1.82) is 0 Å². The molecule has 4 amide bonds. The first kappa shape index (κ1) is 95.4. The Hall–Kier alpha value is -7.34. The molecule has 30 nitrogen and oxygen atoms in total. The van der Waals surface area contributed by atoms with E-state index in [1.807, 2.05) is 18.2 Å². The van der Waals surface area contributed by atoms with Crippen LogP contribution in [0.3, 0.4) is 0 Å². The minimum atomic E-state index is -4.18. The number of pyridine rings is 1. The van der Waals surface area contributed by atoms with E-state index in [-0.39, 0.29) is 107 Å². The topological polar surface area (TPSA) is 575 Å². The Morgan fingerprint density at radius 2 is 0.702 bits per heavy atom. The van der Waals surface area contributed by atoms with Gasteiger partial charge in [-0.25, -0.2) is 35.5 Å². The summed E-state index contributed by atoms with van der Waals surface area (Å²) in [6.45, 7) is 15.7. The zero-order valence-corrected chi connectivity index (χ0v) is 59.6. The molecule has 516 valence electrons. The van der Waals surface area contributed by atoms with Crippen LogP contribution in [0.25, 0.3) is 0 Å². The number of aromatic nitrogens is 1. The van der Waals surface area contributed by atoms with Crippen molar-refractivity contribution in [3.05, 3.63) is 173 Å². The number of carbonyl (C=O) groups excluding carboxylic acids is 4. The summed E-state index contributed by atoms with van der Waals surface area (Å²) in [5.41, 5.74) is 18.2. The molecule has 1 heterocycles. The average molecular weight is 1460 g/mol. The number of nitrogens with zero attached hydrogens (tertiary/aromatic N) is 1. The van der Waals surface area contributed by atoms with Crippen LogP contribution < -0.4 is 78.7 Å². The Morgan fingerprint density at radius 1 is 0.447 bits per heavy atom. The normalized spacial score (nSPS) is 10.3. The predicted octanol–water partition coefficient (Wildman–Crippen LogP) is 4.23. The number of nitrogen functional groups attached to an aromatic ring is 2. The molecule has 1 aromatic heterocycles. The summed E-state index contributed by atoms with van der Waals surface area (Å²) >= 11 is 0.